The van der Waals surface area contributed by atoms with Gasteiger partial charge in [0.05, 0.1) is 17.8 Å². The van der Waals surface area contributed by atoms with E-state index in [2.05, 4.69) is 10.2 Å². The minimum atomic E-state index is -2.36. The van der Waals surface area contributed by atoms with Crippen molar-refractivity contribution in [3.05, 3.63) is 35.3 Å². The molecule has 1 unspecified atom stereocenters. The summed E-state index contributed by atoms with van der Waals surface area (Å²) in [7, 11) is -2.36. The highest BCUT2D eigenvalue weighted by molar-refractivity contribution is 7.73. The van der Waals surface area contributed by atoms with Crippen LogP contribution in [0.1, 0.15) is 19.3 Å². The van der Waals surface area contributed by atoms with Gasteiger partial charge >= 0.3 is 0 Å². The largest absolute Gasteiger partial charge is 0.346 e. The molecule has 0 bridgehead atoms. The Hall–Kier alpha value is -1.76. The van der Waals surface area contributed by atoms with Crippen molar-refractivity contribution in [1.29, 1.82) is 0 Å². The molecule has 7 heteroatoms. The van der Waals surface area contributed by atoms with E-state index in [9.17, 15) is 12.8 Å². The molecule has 0 radical (unpaired) electrons. The lowest BCUT2D eigenvalue weighted by atomic mass is 10.0. The molecule has 0 aromatic rings. The van der Waals surface area contributed by atoms with Crippen LogP contribution in [0.3, 0.4) is 0 Å². The fraction of sp³-hybridized carbons (Fsp3) is 0.462. The molecule has 0 N–H and O–H groups in total. The van der Waals surface area contributed by atoms with E-state index < -0.39 is 16.5 Å². The molecule has 1 atom stereocenters. The zero-order chi connectivity index (χ0) is 13.9. The summed E-state index contributed by atoms with van der Waals surface area (Å²) in [5, 5.41) is 8.16. The van der Waals surface area contributed by atoms with Crippen molar-refractivity contribution in [2.24, 2.45) is 10.2 Å². The third-order valence-electron chi connectivity index (χ3n) is 4.30. The highest BCUT2D eigenvalue weighted by Crippen LogP contribution is 2.53. The third kappa shape index (κ3) is 1.56. The second-order valence-electron chi connectivity index (χ2n) is 5.54. The van der Waals surface area contributed by atoms with Crippen molar-refractivity contribution < 1.29 is 12.8 Å². The summed E-state index contributed by atoms with van der Waals surface area (Å²) in [6.07, 6.45) is 6.39. The Morgan fingerprint density at radius 3 is 2.85 bits per heavy atom. The molecule has 2 aliphatic heterocycles. The topological polar surface area (TPSA) is 62.1 Å². The van der Waals surface area contributed by atoms with Gasteiger partial charge < -0.3 is 4.90 Å². The molecule has 2 fully saturated rings. The fourth-order valence-electron chi connectivity index (χ4n) is 3.21. The number of fused-ring (bicyclic) bond motifs is 1. The van der Waals surface area contributed by atoms with E-state index in [4.69, 9.17) is 0 Å². The molecule has 20 heavy (non-hydrogen) atoms. The molecule has 1 spiro atoms. The molecule has 4 aliphatic rings. The normalized spacial score (nSPS) is 29.2. The molecule has 0 aromatic heterocycles. The van der Waals surface area contributed by atoms with Crippen molar-refractivity contribution in [1.82, 2.24) is 4.90 Å². The molecule has 104 valence electrons. The van der Waals surface area contributed by atoms with E-state index in [1.807, 2.05) is 4.90 Å². The van der Waals surface area contributed by atoms with Crippen LogP contribution >= 0.6 is 0 Å². The van der Waals surface area contributed by atoms with Crippen LogP contribution in [-0.2, 0) is 10.3 Å². The van der Waals surface area contributed by atoms with E-state index >= 15 is 0 Å². The Morgan fingerprint density at radius 1 is 1.35 bits per heavy atom. The molecular weight excluding hydrogens is 281 g/mol. The highest BCUT2D eigenvalue weighted by atomic mass is 32.2. The quantitative estimate of drug-likeness (QED) is 0.692. The Labute approximate surface area is 116 Å². The zero-order valence-corrected chi connectivity index (χ0v) is 11.4. The number of halogens is 1. The lowest BCUT2D eigenvalue weighted by Gasteiger charge is -2.25. The fourth-order valence-corrected chi connectivity index (χ4v) is 3.77. The first-order valence-corrected chi connectivity index (χ1v) is 7.61. The number of hydrogen-bond donors (Lipinski definition) is 0. The Balaban J connectivity index is 1.88. The average molecular weight is 293 g/mol. The smallest absolute Gasteiger partial charge is 0.222 e. The number of allylic oxidation sites excluding steroid dienone is 4. The van der Waals surface area contributed by atoms with Gasteiger partial charge in [-0.2, -0.15) is 8.42 Å². The van der Waals surface area contributed by atoms with E-state index in [0.717, 1.165) is 12.8 Å². The second kappa shape index (κ2) is 3.88. The average Bonchev–Trinajstić information content (AvgIpc) is 2.93. The highest BCUT2D eigenvalue weighted by Gasteiger charge is 2.56. The van der Waals surface area contributed by atoms with Gasteiger partial charge in [0.2, 0.25) is 10.3 Å². The Bertz CT molecular complexity index is 748. The number of alkyl halides is 1. The van der Waals surface area contributed by atoms with Gasteiger partial charge in [0, 0.05) is 12.0 Å². The van der Waals surface area contributed by atoms with Crippen molar-refractivity contribution in [2.45, 2.75) is 31.0 Å². The van der Waals surface area contributed by atoms with Crippen LogP contribution in [0.4, 0.5) is 4.39 Å². The van der Waals surface area contributed by atoms with Gasteiger partial charge in [-0.25, -0.2) is 4.39 Å². The number of rotatable bonds is 1. The number of hydrogen-bond acceptors (Lipinski definition) is 5. The summed E-state index contributed by atoms with van der Waals surface area (Å²) in [6.45, 7) is 0.271. The van der Waals surface area contributed by atoms with E-state index in [0.29, 0.717) is 23.5 Å². The van der Waals surface area contributed by atoms with Crippen LogP contribution in [0.2, 0.25) is 0 Å². The van der Waals surface area contributed by atoms with Crippen molar-refractivity contribution in [3.8, 4) is 0 Å². The van der Waals surface area contributed by atoms with Crippen molar-refractivity contribution >= 4 is 15.2 Å². The second-order valence-corrected chi connectivity index (χ2v) is 6.45. The molecule has 1 saturated heterocycles. The Morgan fingerprint density at radius 2 is 2.15 bits per heavy atom. The maximum atomic E-state index is 13.7. The third-order valence-corrected chi connectivity index (χ3v) is 5.00. The van der Waals surface area contributed by atoms with Crippen LogP contribution < -0.4 is 0 Å². The van der Waals surface area contributed by atoms with Gasteiger partial charge in [-0.15, -0.1) is 10.2 Å². The SMILES string of the molecule is O=S(=O)=C1C=CC=C2N=NC(N3CC(F)CC34CC4)=C21. The van der Waals surface area contributed by atoms with Crippen LogP contribution in [0.15, 0.2) is 45.5 Å². The maximum absolute atomic E-state index is 13.7. The first-order valence-electron chi connectivity index (χ1n) is 6.54. The van der Waals surface area contributed by atoms with Crippen molar-refractivity contribution in [3.63, 3.8) is 0 Å². The number of nitrogens with zero attached hydrogens (tertiary/aromatic N) is 3. The van der Waals surface area contributed by atoms with E-state index in [1.54, 1.807) is 12.2 Å². The minimum Gasteiger partial charge on any atom is -0.346 e. The van der Waals surface area contributed by atoms with Crippen LogP contribution in [0.25, 0.3) is 0 Å². The first-order chi connectivity index (χ1) is 9.61. The molecular formula is C13H12FN3O2S. The first kappa shape index (κ1) is 12.0. The van der Waals surface area contributed by atoms with Crippen molar-refractivity contribution in [2.75, 3.05) is 6.54 Å². The van der Waals surface area contributed by atoms with Crippen LogP contribution in [0, 0.1) is 0 Å². The molecule has 4 rings (SSSR count). The Kier molecular flexibility index (Phi) is 2.33. The van der Waals surface area contributed by atoms with E-state index in [-0.39, 0.29) is 16.9 Å². The van der Waals surface area contributed by atoms with Gasteiger partial charge in [0.1, 0.15) is 11.0 Å². The molecule has 1 saturated carbocycles. The minimum absolute atomic E-state index is 0.160. The van der Waals surface area contributed by atoms with Crippen LogP contribution in [-0.4, -0.2) is 36.4 Å². The summed E-state index contributed by atoms with van der Waals surface area (Å²) >= 11 is 0. The summed E-state index contributed by atoms with van der Waals surface area (Å²) in [4.78, 5) is 2.10. The standard InChI is InChI=1S/C13H12FN3O2S/c14-8-6-13(4-5-13)17(7-8)12-11-9(15-16-12)2-1-3-10(11)20(18)19/h1-3,8H,4-7H2. The van der Waals surface area contributed by atoms with Gasteiger partial charge in [0.15, 0.2) is 5.82 Å². The summed E-state index contributed by atoms with van der Waals surface area (Å²) in [5.74, 6) is 0.512. The summed E-state index contributed by atoms with van der Waals surface area (Å²) < 4.78 is 36.5. The number of likely N-dealkylation sites (tertiary alicyclic amines) is 1. The van der Waals surface area contributed by atoms with Gasteiger partial charge in [0.25, 0.3) is 0 Å². The molecule has 0 aromatic carbocycles. The molecule has 2 aliphatic carbocycles. The van der Waals surface area contributed by atoms with Gasteiger partial charge in [-0.1, -0.05) is 6.08 Å². The predicted octanol–water partition coefficient (Wildman–Crippen LogP) is 1.75. The van der Waals surface area contributed by atoms with E-state index in [1.165, 1.54) is 6.08 Å². The summed E-state index contributed by atoms with van der Waals surface area (Å²) in [5.41, 5.74) is 0.897. The monoisotopic (exact) mass is 293 g/mol. The maximum Gasteiger partial charge on any atom is 0.222 e. The van der Waals surface area contributed by atoms with Gasteiger partial charge in [-0.05, 0) is 25.0 Å². The lowest BCUT2D eigenvalue weighted by Crippen LogP contribution is -2.31. The van der Waals surface area contributed by atoms with Crippen LogP contribution in [0.5, 0.6) is 0 Å². The number of azo groups is 1. The zero-order valence-electron chi connectivity index (χ0n) is 10.6. The molecule has 2 heterocycles. The lowest BCUT2D eigenvalue weighted by molar-refractivity contribution is 0.286. The molecule has 5 nitrogen and oxygen atoms in total. The van der Waals surface area contributed by atoms with Gasteiger partial charge in [-0.3, -0.25) is 0 Å². The predicted molar refractivity (Wildman–Crippen MR) is 71.2 cm³/mol. The molecule has 0 amide bonds. The summed E-state index contributed by atoms with van der Waals surface area (Å²) in [6, 6.07) is 0.